The van der Waals surface area contributed by atoms with E-state index in [4.69, 9.17) is 9.84 Å². The number of carboxylic acid groups (broad SMARTS) is 1. The zero-order valence-electron chi connectivity index (χ0n) is 13.5. The van der Waals surface area contributed by atoms with Crippen LogP contribution in [0, 0.1) is 11.8 Å². The highest BCUT2D eigenvalue weighted by molar-refractivity contribution is 5.61. The maximum Gasteiger partial charge on any atom is 0.512 e. The van der Waals surface area contributed by atoms with Crippen molar-refractivity contribution >= 4 is 6.16 Å². The normalized spacial score (nSPS) is 24.9. The topological polar surface area (TPSA) is 59.4 Å². The number of rotatable bonds is 4. The van der Waals surface area contributed by atoms with Crippen molar-refractivity contribution in [3.05, 3.63) is 59.3 Å². The maximum absolute atomic E-state index is 10.8. The lowest BCUT2D eigenvalue weighted by molar-refractivity contribution is 0.142. The standard InChI is InChI=1S/C20H21NO3/c22-20(23)24-19-17(2-1-9-21-19)10-13-3-6-15(7-4-13)18-12-14-5-8-16(18)11-14/h1-4,6-7,9,14,16,18H,5,8,10-12H2,(H,22,23)/t14-,16+,18-/m1/s1. The smallest absolute Gasteiger partial charge is 0.449 e. The van der Waals surface area contributed by atoms with Crippen molar-refractivity contribution < 1.29 is 14.6 Å². The predicted molar refractivity (Wildman–Crippen MR) is 90.3 cm³/mol. The van der Waals surface area contributed by atoms with Crippen LogP contribution in [0.25, 0.3) is 0 Å². The largest absolute Gasteiger partial charge is 0.512 e. The number of pyridine rings is 1. The Balaban J connectivity index is 1.49. The van der Waals surface area contributed by atoms with Gasteiger partial charge in [-0.15, -0.1) is 0 Å². The van der Waals surface area contributed by atoms with Crippen LogP contribution in [-0.4, -0.2) is 16.2 Å². The number of hydrogen-bond donors (Lipinski definition) is 1. The lowest BCUT2D eigenvalue weighted by Crippen LogP contribution is -2.08. The molecule has 24 heavy (non-hydrogen) atoms. The van der Waals surface area contributed by atoms with Crippen LogP contribution in [0.2, 0.25) is 0 Å². The van der Waals surface area contributed by atoms with Gasteiger partial charge in [-0.3, -0.25) is 0 Å². The minimum atomic E-state index is -1.33. The van der Waals surface area contributed by atoms with Gasteiger partial charge in [-0.2, -0.15) is 0 Å². The van der Waals surface area contributed by atoms with Crippen molar-refractivity contribution in [1.29, 1.82) is 0 Å². The first-order chi connectivity index (χ1) is 11.7. The molecule has 2 aliphatic rings. The van der Waals surface area contributed by atoms with E-state index in [1.165, 1.54) is 31.2 Å². The summed E-state index contributed by atoms with van der Waals surface area (Å²) in [7, 11) is 0. The molecule has 0 aliphatic heterocycles. The molecule has 2 saturated carbocycles. The minimum absolute atomic E-state index is 0.169. The van der Waals surface area contributed by atoms with Crippen LogP contribution in [0.1, 0.15) is 48.3 Å². The highest BCUT2D eigenvalue weighted by Gasteiger charge is 2.39. The van der Waals surface area contributed by atoms with Gasteiger partial charge in [0.15, 0.2) is 0 Å². The summed E-state index contributed by atoms with van der Waals surface area (Å²) < 4.78 is 4.76. The third kappa shape index (κ3) is 3.01. The molecule has 2 aliphatic carbocycles. The molecule has 3 atom stereocenters. The van der Waals surface area contributed by atoms with Crippen LogP contribution in [0.4, 0.5) is 4.79 Å². The highest BCUT2D eigenvalue weighted by atomic mass is 16.7. The molecule has 1 aromatic heterocycles. The number of ether oxygens (including phenoxy) is 1. The van der Waals surface area contributed by atoms with Gasteiger partial charge >= 0.3 is 6.16 Å². The molecule has 0 unspecified atom stereocenters. The molecule has 1 N–H and O–H groups in total. The molecule has 4 heteroatoms. The Labute approximate surface area is 141 Å². The molecule has 0 spiro atoms. The SMILES string of the molecule is O=C(O)Oc1ncccc1Cc1ccc([C@H]2C[C@@H]3CC[C@H]2C3)cc1. The molecule has 124 valence electrons. The first-order valence-electron chi connectivity index (χ1n) is 8.62. The Kier molecular flexibility index (Phi) is 3.97. The summed E-state index contributed by atoms with van der Waals surface area (Å²) >= 11 is 0. The summed E-state index contributed by atoms with van der Waals surface area (Å²) in [5.41, 5.74) is 3.39. The van der Waals surface area contributed by atoms with Gasteiger partial charge in [0.1, 0.15) is 0 Å². The van der Waals surface area contributed by atoms with E-state index in [0.717, 1.165) is 28.9 Å². The Morgan fingerprint density at radius 1 is 1.17 bits per heavy atom. The van der Waals surface area contributed by atoms with E-state index in [2.05, 4.69) is 29.2 Å². The molecule has 4 nitrogen and oxygen atoms in total. The first-order valence-corrected chi connectivity index (χ1v) is 8.62. The molecule has 0 radical (unpaired) electrons. The van der Waals surface area contributed by atoms with Gasteiger partial charge in [0, 0.05) is 18.2 Å². The van der Waals surface area contributed by atoms with Crippen molar-refractivity contribution in [3.63, 3.8) is 0 Å². The quantitative estimate of drug-likeness (QED) is 0.833. The summed E-state index contributed by atoms with van der Waals surface area (Å²) in [5, 5.41) is 8.80. The minimum Gasteiger partial charge on any atom is -0.449 e. The van der Waals surface area contributed by atoms with E-state index in [0.29, 0.717) is 6.42 Å². The van der Waals surface area contributed by atoms with Gasteiger partial charge < -0.3 is 9.84 Å². The highest BCUT2D eigenvalue weighted by Crippen LogP contribution is 2.52. The summed E-state index contributed by atoms with van der Waals surface area (Å²) in [6, 6.07) is 12.4. The summed E-state index contributed by atoms with van der Waals surface area (Å²) in [4.78, 5) is 14.8. The lowest BCUT2D eigenvalue weighted by atomic mass is 9.83. The molecule has 1 aromatic carbocycles. The number of hydrogen-bond acceptors (Lipinski definition) is 3. The number of aromatic nitrogens is 1. The second-order valence-electron chi connectivity index (χ2n) is 7.04. The fourth-order valence-corrected chi connectivity index (χ4v) is 4.49. The van der Waals surface area contributed by atoms with Gasteiger partial charge in [-0.25, -0.2) is 9.78 Å². The third-order valence-corrected chi connectivity index (χ3v) is 5.57. The first kappa shape index (κ1) is 15.2. The average molecular weight is 323 g/mol. The zero-order valence-corrected chi connectivity index (χ0v) is 13.5. The molecule has 0 saturated heterocycles. The summed E-state index contributed by atoms with van der Waals surface area (Å²) in [6.07, 6.45) is 6.41. The lowest BCUT2D eigenvalue weighted by Gasteiger charge is -2.22. The van der Waals surface area contributed by atoms with Crippen LogP contribution >= 0.6 is 0 Å². The van der Waals surface area contributed by atoms with E-state index in [-0.39, 0.29) is 5.88 Å². The molecule has 2 bridgehead atoms. The van der Waals surface area contributed by atoms with Crippen molar-refractivity contribution in [1.82, 2.24) is 4.98 Å². The molecular formula is C20H21NO3. The fourth-order valence-electron chi connectivity index (χ4n) is 4.49. The van der Waals surface area contributed by atoms with E-state index in [9.17, 15) is 4.79 Å². The van der Waals surface area contributed by atoms with Crippen molar-refractivity contribution in [2.24, 2.45) is 11.8 Å². The van der Waals surface area contributed by atoms with Gasteiger partial charge in [0.05, 0.1) is 0 Å². The van der Waals surface area contributed by atoms with Crippen molar-refractivity contribution in [2.75, 3.05) is 0 Å². The number of benzene rings is 1. The summed E-state index contributed by atoms with van der Waals surface area (Å²) in [6.45, 7) is 0. The van der Waals surface area contributed by atoms with Crippen LogP contribution in [0.15, 0.2) is 42.6 Å². The van der Waals surface area contributed by atoms with E-state index < -0.39 is 6.16 Å². The van der Waals surface area contributed by atoms with E-state index in [1.807, 2.05) is 6.07 Å². The fraction of sp³-hybridized carbons (Fsp3) is 0.400. The molecule has 2 aromatic rings. The third-order valence-electron chi connectivity index (χ3n) is 5.57. The second-order valence-corrected chi connectivity index (χ2v) is 7.04. The molecule has 0 amide bonds. The molecule has 1 heterocycles. The predicted octanol–water partition coefficient (Wildman–Crippen LogP) is 4.63. The van der Waals surface area contributed by atoms with Crippen LogP contribution in [-0.2, 0) is 6.42 Å². The molecule has 4 rings (SSSR count). The van der Waals surface area contributed by atoms with Gasteiger partial charge in [0.2, 0.25) is 5.88 Å². The average Bonchev–Trinajstić information content (AvgIpc) is 3.20. The van der Waals surface area contributed by atoms with Crippen LogP contribution in [0.3, 0.4) is 0 Å². The van der Waals surface area contributed by atoms with E-state index in [1.54, 1.807) is 12.3 Å². The van der Waals surface area contributed by atoms with Crippen LogP contribution in [0.5, 0.6) is 5.88 Å². The summed E-state index contributed by atoms with van der Waals surface area (Å²) in [5.74, 6) is 2.74. The van der Waals surface area contributed by atoms with Crippen LogP contribution < -0.4 is 4.74 Å². The molecular weight excluding hydrogens is 302 g/mol. The Morgan fingerprint density at radius 3 is 2.67 bits per heavy atom. The van der Waals surface area contributed by atoms with Gasteiger partial charge in [0.25, 0.3) is 0 Å². The Morgan fingerprint density at radius 2 is 2.00 bits per heavy atom. The number of fused-ring (bicyclic) bond motifs is 2. The monoisotopic (exact) mass is 323 g/mol. The molecule has 2 fully saturated rings. The zero-order chi connectivity index (χ0) is 16.5. The number of carbonyl (C=O) groups is 1. The second kappa shape index (κ2) is 6.27. The Hall–Kier alpha value is -2.36. The van der Waals surface area contributed by atoms with E-state index >= 15 is 0 Å². The van der Waals surface area contributed by atoms with Gasteiger partial charge in [-0.1, -0.05) is 36.8 Å². The number of nitrogens with zero attached hydrogens (tertiary/aromatic N) is 1. The van der Waals surface area contributed by atoms with Gasteiger partial charge in [-0.05, 0) is 54.2 Å². The Bertz CT molecular complexity index is 741. The van der Waals surface area contributed by atoms with Crippen molar-refractivity contribution in [3.8, 4) is 5.88 Å². The van der Waals surface area contributed by atoms with Crippen molar-refractivity contribution in [2.45, 2.75) is 38.0 Å². The maximum atomic E-state index is 10.8.